The van der Waals surface area contributed by atoms with Crippen LogP contribution in [0.4, 0.5) is 0 Å². The Labute approximate surface area is 172 Å². The van der Waals surface area contributed by atoms with Crippen LogP contribution in [0.3, 0.4) is 0 Å². The minimum atomic E-state index is 0.0949. The van der Waals surface area contributed by atoms with Crippen molar-refractivity contribution in [3.05, 3.63) is 65.0 Å². The number of nitrogens with zero attached hydrogens (tertiary/aromatic N) is 2. The van der Waals surface area contributed by atoms with E-state index in [2.05, 4.69) is 29.8 Å². The number of hydrogen-bond donors (Lipinski definition) is 2. The molecule has 2 aromatic carbocycles. The minimum Gasteiger partial charge on any atom is -0.384 e. The molecule has 1 aliphatic rings. The fraction of sp³-hybridized carbons (Fsp3) is 0.417. The number of hydrogen-bond acceptors (Lipinski definition) is 3. The summed E-state index contributed by atoms with van der Waals surface area (Å²) in [5.41, 5.74) is 10.8. The first-order valence-corrected chi connectivity index (χ1v) is 10.6. The number of nitrogens with two attached hydrogens (primary N) is 1. The Morgan fingerprint density at radius 2 is 1.83 bits per heavy atom. The van der Waals surface area contributed by atoms with Crippen LogP contribution in [0.1, 0.15) is 54.6 Å². The van der Waals surface area contributed by atoms with Gasteiger partial charge in [-0.2, -0.15) is 0 Å². The molecule has 1 aliphatic carbocycles. The van der Waals surface area contributed by atoms with Gasteiger partial charge in [0, 0.05) is 25.6 Å². The predicted octanol–water partition coefficient (Wildman–Crippen LogP) is 4.55. The number of benzene rings is 2. The topological polar surface area (TPSA) is 76.9 Å². The number of ether oxygens (including phenoxy) is 1. The van der Waals surface area contributed by atoms with Crippen LogP contribution in [0, 0.1) is 11.3 Å². The molecule has 5 heteroatoms. The maximum atomic E-state index is 7.51. The quantitative estimate of drug-likeness (QED) is 0.459. The van der Waals surface area contributed by atoms with Crippen LogP contribution < -0.4 is 5.73 Å². The molecule has 0 bridgehead atoms. The number of rotatable bonds is 7. The molecule has 29 heavy (non-hydrogen) atoms. The van der Waals surface area contributed by atoms with E-state index in [4.69, 9.17) is 20.9 Å². The van der Waals surface area contributed by atoms with Crippen LogP contribution in [0.5, 0.6) is 0 Å². The molecule has 0 radical (unpaired) electrons. The summed E-state index contributed by atoms with van der Waals surface area (Å²) in [5, 5.41) is 7.51. The average Bonchev–Trinajstić information content (AvgIpc) is 3.04. The average molecular weight is 391 g/mol. The summed E-state index contributed by atoms with van der Waals surface area (Å²) in [7, 11) is 2.06. The SMILES string of the molecule is Cn1c(Cc2ccc(C(=N)N)cc2)nc2cc(COCC3CCCCC3)ccc21. The van der Waals surface area contributed by atoms with Crippen molar-refractivity contribution >= 4 is 16.9 Å². The molecule has 0 saturated heterocycles. The van der Waals surface area contributed by atoms with Crippen LogP contribution in [0.15, 0.2) is 42.5 Å². The molecule has 5 nitrogen and oxygen atoms in total. The third-order valence-electron chi connectivity index (χ3n) is 6.01. The van der Waals surface area contributed by atoms with Gasteiger partial charge in [0.1, 0.15) is 11.7 Å². The maximum Gasteiger partial charge on any atom is 0.122 e. The minimum absolute atomic E-state index is 0.0949. The number of aromatic nitrogens is 2. The Morgan fingerprint density at radius 3 is 2.55 bits per heavy atom. The van der Waals surface area contributed by atoms with Gasteiger partial charge in [0.2, 0.25) is 0 Å². The van der Waals surface area contributed by atoms with Crippen LogP contribution in [0.2, 0.25) is 0 Å². The van der Waals surface area contributed by atoms with E-state index in [0.717, 1.165) is 46.9 Å². The zero-order valence-corrected chi connectivity index (χ0v) is 17.2. The van der Waals surface area contributed by atoms with Gasteiger partial charge in [0.15, 0.2) is 0 Å². The molecule has 4 rings (SSSR count). The van der Waals surface area contributed by atoms with Gasteiger partial charge < -0.3 is 15.0 Å². The monoisotopic (exact) mass is 390 g/mol. The van der Waals surface area contributed by atoms with Gasteiger partial charge in [-0.25, -0.2) is 4.98 Å². The second-order valence-electron chi connectivity index (χ2n) is 8.22. The van der Waals surface area contributed by atoms with Crippen molar-refractivity contribution < 1.29 is 4.74 Å². The highest BCUT2D eigenvalue weighted by Gasteiger charge is 2.14. The summed E-state index contributed by atoms with van der Waals surface area (Å²) >= 11 is 0. The van der Waals surface area contributed by atoms with Gasteiger partial charge in [0.25, 0.3) is 0 Å². The molecule has 0 atom stereocenters. The number of nitrogens with one attached hydrogen (secondary N) is 1. The van der Waals surface area contributed by atoms with E-state index in [1.165, 1.54) is 37.7 Å². The molecule has 1 heterocycles. The molecule has 152 valence electrons. The lowest BCUT2D eigenvalue weighted by Crippen LogP contribution is -2.13. The first-order valence-electron chi connectivity index (χ1n) is 10.6. The largest absolute Gasteiger partial charge is 0.384 e. The van der Waals surface area contributed by atoms with E-state index >= 15 is 0 Å². The molecule has 1 saturated carbocycles. The van der Waals surface area contributed by atoms with Crippen molar-refractivity contribution in [3.8, 4) is 0 Å². The Morgan fingerprint density at radius 1 is 1.10 bits per heavy atom. The highest BCUT2D eigenvalue weighted by atomic mass is 16.5. The van der Waals surface area contributed by atoms with E-state index in [1.807, 2.05) is 24.3 Å². The van der Waals surface area contributed by atoms with Gasteiger partial charge in [0.05, 0.1) is 17.6 Å². The molecule has 0 spiro atoms. The standard InChI is InChI=1S/C24H30N4O/c1-28-22-12-9-19(16-29-15-18-5-3-2-4-6-18)13-21(22)27-23(28)14-17-7-10-20(11-8-17)24(25)26/h7-13,18H,2-6,14-16H2,1H3,(H3,25,26). The normalized spacial score (nSPS) is 15.1. The molecule has 0 amide bonds. The van der Waals surface area contributed by atoms with Crippen LogP contribution in [0.25, 0.3) is 11.0 Å². The van der Waals surface area contributed by atoms with Crippen molar-refractivity contribution in [2.75, 3.05) is 6.61 Å². The molecular weight excluding hydrogens is 360 g/mol. The van der Waals surface area contributed by atoms with Crippen molar-refractivity contribution in [2.45, 2.75) is 45.1 Å². The van der Waals surface area contributed by atoms with E-state index in [-0.39, 0.29) is 5.84 Å². The number of imidazole rings is 1. The molecule has 3 aromatic rings. The van der Waals surface area contributed by atoms with E-state index < -0.39 is 0 Å². The maximum absolute atomic E-state index is 7.51. The van der Waals surface area contributed by atoms with Gasteiger partial charge in [-0.1, -0.05) is 49.6 Å². The summed E-state index contributed by atoms with van der Waals surface area (Å²) in [6, 6.07) is 14.3. The van der Waals surface area contributed by atoms with Gasteiger partial charge in [-0.3, -0.25) is 5.41 Å². The molecule has 0 unspecified atom stereocenters. The Balaban J connectivity index is 1.43. The summed E-state index contributed by atoms with van der Waals surface area (Å²) in [6.45, 7) is 1.53. The van der Waals surface area contributed by atoms with E-state index in [0.29, 0.717) is 6.61 Å². The van der Waals surface area contributed by atoms with E-state index in [1.54, 1.807) is 0 Å². The number of aryl methyl sites for hydroxylation is 1. The zero-order valence-electron chi connectivity index (χ0n) is 17.2. The summed E-state index contributed by atoms with van der Waals surface area (Å²) in [6.07, 6.45) is 7.47. The number of amidine groups is 1. The molecule has 3 N–H and O–H groups in total. The molecule has 1 fully saturated rings. The third kappa shape index (κ3) is 4.67. The first kappa shape index (κ1) is 19.6. The van der Waals surface area contributed by atoms with Crippen molar-refractivity contribution in [3.63, 3.8) is 0 Å². The predicted molar refractivity (Wildman–Crippen MR) is 117 cm³/mol. The number of fused-ring (bicyclic) bond motifs is 1. The van der Waals surface area contributed by atoms with Crippen LogP contribution in [-0.2, 0) is 24.8 Å². The summed E-state index contributed by atoms with van der Waals surface area (Å²) in [4.78, 5) is 4.86. The third-order valence-corrected chi connectivity index (χ3v) is 6.01. The van der Waals surface area contributed by atoms with Crippen LogP contribution in [-0.4, -0.2) is 22.0 Å². The van der Waals surface area contributed by atoms with Gasteiger partial charge in [-0.15, -0.1) is 0 Å². The second-order valence-corrected chi connectivity index (χ2v) is 8.22. The fourth-order valence-corrected chi connectivity index (χ4v) is 4.23. The Bertz CT molecular complexity index is 984. The lowest BCUT2D eigenvalue weighted by molar-refractivity contribution is 0.0740. The summed E-state index contributed by atoms with van der Waals surface area (Å²) < 4.78 is 8.16. The van der Waals surface area contributed by atoms with E-state index in [9.17, 15) is 0 Å². The first-order chi connectivity index (χ1) is 14.1. The van der Waals surface area contributed by atoms with Crippen LogP contribution >= 0.6 is 0 Å². The fourth-order valence-electron chi connectivity index (χ4n) is 4.23. The lowest BCUT2D eigenvalue weighted by atomic mass is 9.90. The number of nitrogen functional groups attached to an aromatic ring is 1. The Hall–Kier alpha value is -2.66. The highest BCUT2D eigenvalue weighted by Crippen LogP contribution is 2.24. The van der Waals surface area contributed by atoms with Gasteiger partial charge in [-0.05, 0) is 42.0 Å². The lowest BCUT2D eigenvalue weighted by Gasteiger charge is -2.21. The zero-order chi connectivity index (χ0) is 20.2. The molecule has 0 aliphatic heterocycles. The highest BCUT2D eigenvalue weighted by molar-refractivity contribution is 5.94. The molecular formula is C24H30N4O. The smallest absolute Gasteiger partial charge is 0.122 e. The second kappa shape index (κ2) is 8.78. The van der Waals surface area contributed by atoms with Crippen molar-refractivity contribution in [2.24, 2.45) is 18.7 Å². The Kier molecular flexibility index (Phi) is 5.95. The summed E-state index contributed by atoms with van der Waals surface area (Å²) in [5.74, 6) is 1.86. The van der Waals surface area contributed by atoms with Crippen molar-refractivity contribution in [1.29, 1.82) is 5.41 Å². The van der Waals surface area contributed by atoms with Crippen molar-refractivity contribution in [1.82, 2.24) is 9.55 Å². The van der Waals surface area contributed by atoms with Gasteiger partial charge >= 0.3 is 0 Å². The molecule has 1 aromatic heterocycles.